The van der Waals surface area contributed by atoms with E-state index < -0.39 is 0 Å². The second-order valence-electron chi connectivity index (χ2n) is 4.69. The van der Waals surface area contributed by atoms with Gasteiger partial charge in [0.05, 0.1) is 12.0 Å². The second-order valence-corrected chi connectivity index (χ2v) is 4.69. The largest absolute Gasteiger partial charge is 0.463 e. The van der Waals surface area contributed by atoms with E-state index in [1.54, 1.807) is 10.9 Å². The van der Waals surface area contributed by atoms with Gasteiger partial charge in [-0.3, -0.25) is 0 Å². The van der Waals surface area contributed by atoms with Crippen LogP contribution in [0.25, 0.3) is 17.1 Å². The Kier molecular flexibility index (Phi) is 3.29. The number of hydrogen-bond acceptors (Lipinski definition) is 3. The first-order valence-corrected chi connectivity index (χ1v) is 6.78. The van der Waals surface area contributed by atoms with E-state index >= 15 is 0 Å². The number of rotatable bonds is 4. The smallest absolute Gasteiger partial charge is 0.154 e. The van der Waals surface area contributed by atoms with Gasteiger partial charge in [-0.2, -0.15) is 5.10 Å². The fraction of sp³-hybridized carbons (Fsp3) is 0.188. The topological polar surface area (TPSA) is 57.0 Å². The predicted molar refractivity (Wildman–Crippen MR) is 79.7 cm³/mol. The molecule has 4 nitrogen and oxygen atoms in total. The van der Waals surface area contributed by atoms with Crippen molar-refractivity contribution in [2.75, 3.05) is 5.73 Å². The Hall–Kier alpha value is -2.49. The number of para-hydroxylation sites is 1. The Balaban J connectivity index is 2.16. The predicted octanol–water partition coefficient (Wildman–Crippen LogP) is 3.67. The zero-order valence-electron chi connectivity index (χ0n) is 11.4. The summed E-state index contributed by atoms with van der Waals surface area (Å²) in [6.45, 7) is 2.13. The average Bonchev–Trinajstić information content (AvgIpc) is 3.10. The van der Waals surface area contributed by atoms with Crippen LogP contribution in [-0.2, 0) is 6.42 Å². The molecule has 0 bridgehead atoms. The Morgan fingerprint density at radius 2 is 1.95 bits per heavy atom. The summed E-state index contributed by atoms with van der Waals surface area (Å²) in [6, 6.07) is 13.7. The maximum atomic E-state index is 6.29. The molecular formula is C16H17N3O. The Labute approximate surface area is 117 Å². The number of nitrogens with zero attached hydrogens (tertiary/aromatic N) is 2. The summed E-state index contributed by atoms with van der Waals surface area (Å²) in [6.07, 6.45) is 3.55. The van der Waals surface area contributed by atoms with Gasteiger partial charge in [0.2, 0.25) is 0 Å². The number of furan rings is 1. The number of nitrogen functional groups attached to an aromatic ring is 1. The summed E-state index contributed by atoms with van der Waals surface area (Å²) >= 11 is 0. The highest BCUT2D eigenvalue weighted by atomic mass is 16.3. The summed E-state index contributed by atoms with van der Waals surface area (Å²) in [5, 5.41) is 4.64. The second kappa shape index (κ2) is 5.25. The van der Waals surface area contributed by atoms with E-state index in [-0.39, 0.29) is 0 Å². The van der Waals surface area contributed by atoms with Gasteiger partial charge in [0.1, 0.15) is 11.5 Å². The molecule has 0 aliphatic carbocycles. The molecule has 3 aromatic rings. The SMILES string of the molecule is CCCc1c(-c2ccco2)nn(-c2ccccc2)c1N. The lowest BCUT2D eigenvalue weighted by Crippen LogP contribution is -2.02. The van der Waals surface area contributed by atoms with Crippen molar-refractivity contribution >= 4 is 5.82 Å². The van der Waals surface area contributed by atoms with Gasteiger partial charge in [-0.1, -0.05) is 31.5 Å². The maximum absolute atomic E-state index is 6.29. The average molecular weight is 267 g/mol. The van der Waals surface area contributed by atoms with Gasteiger partial charge in [0, 0.05) is 5.56 Å². The van der Waals surface area contributed by atoms with Crippen molar-refractivity contribution in [3.05, 3.63) is 54.3 Å². The van der Waals surface area contributed by atoms with Crippen LogP contribution < -0.4 is 5.73 Å². The first-order valence-electron chi connectivity index (χ1n) is 6.78. The van der Waals surface area contributed by atoms with Crippen molar-refractivity contribution in [2.45, 2.75) is 19.8 Å². The quantitative estimate of drug-likeness (QED) is 0.784. The monoisotopic (exact) mass is 267 g/mol. The van der Waals surface area contributed by atoms with Gasteiger partial charge in [0.15, 0.2) is 5.76 Å². The summed E-state index contributed by atoms with van der Waals surface area (Å²) in [4.78, 5) is 0. The molecule has 3 rings (SSSR count). The summed E-state index contributed by atoms with van der Waals surface area (Å²) in [5.41, 5.74) is 9.12. The third kappa shape index (κ3) is 2.09. The third-order valence-electron chi connectivity index (χ3n) is 3.28. The Morgan fingerprint density at radius 1 is 1.15 bits per heavy atom. The van der Waals surface area contributed by atoms with Crippen LogP contribution in [0.15, 0.2) is 53.1 Å². The van der Waals surface area contributed by atoms with Crippen molar-refractivity contribution in [1.82, 2.24) is 9.78 Å². The lowest BCUT2D eigenvalue weighted by atomic mass is 10.1. The zero-order valence-corrected chi connectivity index (χ0v) is 11.4. The molecule has 0 aliphatic heterocycles. The lowest BCUT2D eigenvalue weighted by Gasteiger charge is -2.04. The molecule has 0 saturated carbocycles. The molecule has 0 radical (unpaired) electrons. The summed E-state index contributed by atoms with van der Waals surface area (Å²) in [7, 11) is 0. The van der Waals surface area contributed by atoms with Crippen molar-refractivity contribution in [2.24, 2.45) is 0 Å². The van der Waals surface area contributed by atoms with Gasteiger partial charge < -0.3 is 10.2 Å². The van der Waals surface area contributed by atoms with Gasteiger partial charge in [-0.25, -0.2) is 4.68 Å². The van der Waals surface area contributed by atoms with E-state index in [1.165, 1.54) is 0 Å². The van der Waals surface area contributed by atoms with E-state index in [0.29, 0.717) is 5.82 Å². The fourth-order valence-electron chi connectivity index (χ4n) is 2.34. The van der Waals surface area contributed by atoms with Gasteiger partial charge >= 0.3 is 0 Å². The van der Waals surface area contributed by atoms with Gasteiger partial charge in [-0.15, -0.1) is 0 Å². The van der Waals surface area contributed by atoms with E-state index in [2.05, 4.69) is 12.0 Å². The molecule has 102 valence electrons. The molecule has 1 aromatic carbocycles. The normalized spacial score (nSPS) is 10.8. The van der Waals surface area contributed by atoms with Crippen LogP contribution >= 0.6 is 0 Å². The highest BCUT2D eigenvalue weighted by Gasteiger charge is 2.18. The van der Waals surface area contributed by atoms with Crippen LogP contribution in [0.5, 0.6) is 0 Å². The molecule has 2 N–H and O–H groups in total. The minimum absolute atomic E-state index is 0.685. The van der Waals surface area contributed by atoms with E-state index in [4.69, 9.17) is 10.2 Å². The van der Waals surface area contributed by atoms with Crippen molar-refractivity contribution in [3.63, 3.8) is 0 Å². The number of aromatic nitrogens is 2. The van der Waals surface area contributed by atoms with Crippen molar-refractivity contribution < 1.29 is 4.42 Å². The third-order valence-corrected chi connectivity index (χ3v) is 3.28. The number of anilines is 1. The molecule has 2 heterocycles. The molecule has 0 aliphatic rings. The zero-order chi connectivity index (χ0) is 13.9. The van der Waals surface area contributed by atoms with E-state index in [9.17, 15) is 0 Å². The highest BCUT2D eigenvalue weighted by molar-refractivity contribution is 5.66. The maximum Gasteiger partial charge on any atom is 0.154 e. The standard InChI is InChI=1S/C16H17N3O/c1-2-7-13-15(14-10-6-11-20-14)18-19(16(13)17)12-8-4-3-5-9-12/h3-6,8-11H,2,7,17H2,1H3. The molecule has 20 heavy (non-hydrogen) atoms. The fourth-order valence-corrected chi connectivity index (χ4v) is 2.34. The first-order chi connectivity index (χ1) is 9.81. The van der Waals surface area contributed by atoms with E-state index in [1.807, 2.05) is 42.5 Å². The summed E-state index contributed by atoms with van der Waals surface area (Å²) < 4.78 is 7.26. The van der Waals surface area contributed by atoms with Gasteiger partial charge in [-0.05, 0) is 30.7 Å². The van der Waals surface area contributed by atoms with Crippen LogP contribution in [0, 0.1) is 0 Å². The van der Waals surface area contributed by atoms with Crippen molar-refractivity contribution in [3.8, 4) is 17.1 Å². The molecule has 0 amide bonds. The summed E-state index contributed by atoms with van der Waals surface area (Å²) in [5.74, 6) is 1.44. The van der Waals surface area contributed by atoms with Crippen LogP contribution in [0.2, 0.25) is 0 Å². The van der Waals surface area contributed by atoms with Gasteiger partial charge in [0.25, 0.3) is 0 Å². The molecule has 0 atom stereocenters. The van der Waals surface area contributed by atoms with E-state index in [0.717, 1.165) is 35.5 Å². The van der Waals surface area contributed by atoms with Crippen LogP contribution in [-0.4, -0.2) is 9.78 Å². The minimum atomic E-state index is 0.685. The molecule has 2 aromatic heterocycles. The van der Waals surface area contributed by atoms with Crippen LogP contribution in [0.1, 0.15) is 18.9 Å². The van der Waals surface area contributed by atoms with Crippen LogP contribution in [0.4, 0.5) is 5.82 Å². The molecular weight excluding hydrogens is 250 g/mol. The molecule has 0 saturated heterocycles. The van der Waals surface area contributed by atoms with Crippen LogP contribution in [0.3, 0.4) is 0 Å². The number of hydrogen-bond donors (Lipinski definition) is 1. The first kappa shape index (κ1) is 12.5. The number of nitrogens with two attached hydrogens (primary N) is 1. The Bertz CT molecular complexity index is 684. The van der Waals surface area contributed by atoms with Crippen molar-refractivity contribution in [1.29, 1.82) is 0 Å². The Morgan fingerprint density at radius 3 is 2.60 bits per heavy atom. The molecule has 4 heteroatoms. The number of benzene rings is 1. The molecule has 0 fully saturated rings. The minimum Gasteiger partial charge on any atom is -0.463 e. The highest BCUT2D eigenvalue weighted by Crippen LogP contribution is 2.30. The molecule has 0 unspecified atom stereocenters. The molecule has 0 spiro atoms. The lowest BCUT2D eigenvalue weighted by molar-refractivity contribution is 0.578.